The van der Waals surface area contributed by atoms with Crippen LogP contribution in [0.3, 0.4) is 0 Å². The Morgan fingerprint density at radius 1 is 1.17 bits per heavy atom. The van der Waals surface area contributed by atoms with Crippen molar-refractivity contribution in [3.8, 4) is 0 Å². The van der Waals surface area contributed by atoms with Gasteiger partial charge >= 0.3 is 5.97 Å². The standard InChI is InChI=1S/C22H26N4O4/c1-4-30-22(29)17-5-6-18(24-15(17)3)21(28)26-11-8-16(9-12-26)20(27)25-19-13-14(2)7-10-23-19/h5-7,10,13,16H,4,8-9,11-12H2,1-3H3,(H,23,25,27). The van der Waals surface area contributed by atoms with Gasteiger partial charge in [0.2, 0.25) is 5.91 Å². The van der Waals surface area contributed by atoms with E-state index in [0.717, 1.165) is 5.56 Å². The van der Waals surface area contributed by atoms with Gasteiger partial charge in [-0.05, 0) is 63.4 Å². The van der Waals surface area contributed by atoms with Crippen molar-refractivity contribution in [2.45, 2.75) is 33.6 Å². The molecule has 1 fully saturated rings. The van der Waals surface area contributed by atoms with Gasteiger partial charge in [-0.25, -0.2) is 14.8 Å². The van der Waals surface area contributed by atoms with Crippen LogP contribution < -0.4 is 5.32 Å². The first-order valence-corrected chi connectivity index (χ1v) is 10.1. The molecule has 0 aliphatic carbocycles. The summed E-state index contributed by atoms with van der Waals surface area (Å²) in [6.07, 6.45) is 2.81. The molecule has 8 nitrogen and oxygen atoms in total. The third-order valence-corrected chi connectivity index (χ3v) is 5.12. The van der Waals surface area contributed by atoms with Crippen molar-refractivity contribution in [3.05, 3.63) is 53.0 Å². The molecule has 1 saturated heterocycles. The summed E-state index contributed by atoms with van der Waals surface area (Å²) in [4.78, 5) is 47.4. The van der Waals surface area contributed by atoms with E-state index in [1.807, 2.05) is 19.1 Å². The van der Waals surface area contributed by atoms with E-state index in [1.54, 1.807) is 37.1 Å². The minimum absolute atomic E-state index is 0.0760. The van der Waals surface area contributed by atoms with Gasteiger partial charge in [-0.15, -0.1) is 0 Å². The van der Waals surface area contributed by atoms with Crippen molar-refractivity contribution >= 4 is 23.6 Å². The Hall–Kier alpha value is -3.29. The Bertz CT molecular complexity index is 952. The monoisotopic (exact) mass is 410 g/mol. The van der Waals surface area contributed by atoms with E-state index in [9.17, 15) is 14.4 Å². The Kier molecular flexibility index (Phi) is 6.76. The molecule has 0 unspecified atom stereocenters. The molecular weight excluding hydrogens is 384 g/mol. The number of hydrogen-bond acceptors (Lipinski definition) is 6. The van der Waals surface area contributed by atoms with E-state index in [2.05, 4.69) is 15.3 Å². The van der Waals surface area contributed by atoms with Gasteiger partial charge in [0, 0.05) is 25.2 Å². The van der Waals surface area contributed by atoms with Crippen molar-refractivity contribution in [2.24, 2.45) is 5.92 Å². The molecule has 2 aromatic heterocycles. The molecule has 0 spiro atoms. The van der Waals surface area contributed by atoms with Crippen LogP contribution in [-0.2, 0) is 9.53 Å². The van der Waals surface area contributed by atoms with Crippen LogP contribution in [0.25, 0.3) is 0 Å². The average molecular weight is 410 g/mol. The fourth-order valence-corrected chi connectivity index (χ4v) is 3.44. The highest BCUT2D eigenvalue weighted by atomic mass is 16.5. The number of piperidine rings is 1. The summed E-state index contributed by atoms with van der Waals surface area (Å²) in [6.45, 7) is 6.58. The molecule has 0 bridgehead atoms. The molecule has 3 heterocycles. The largest absolute Gasteiger partial charge is 0.462 e. The maximum absolute atomic E-state index is 12.8. The maximum atomic E-state index is 12.8. The smallest absolute Gasteiger partial charge is 0.339 e. The van der Waals surface area contributed by atoms with Gasteiger partial charge in [0.05, 0.1) is 17.9 Å². The molecule has 3 rings (SSSR count). The summed E-state index contributed by atoms with van der Waals surface area (Å²) in [6, 6.07) is 6.81. The topological polar surface area (TPSA) is 101 Å². The Morgan fingerprint density at radius 3 is 2.53 bits per heavy atom. The molecule has 0 aromatic carbocycles. The van der Waals surface area contributed by atoms with Crippen molar-refractivity contribution in [2.75, 3.05) is 25.0 Å². The lowest BCUT2D eigenvalue weighted by molar-refractivity contribution is -0.121. The van der Waals surface area contributed by atoms with Crippen LogP contribution in [0, 0.1) is 19.8 Å². The van der Waals surface area contributed by atoms with Crippen LogP contribution in [-0.4, -0.2) is 52.3 Å². The highest BCUT2D eigenvalue weighted by molar-refractivity contribution is 5.95. The summed E-state index contributed by atoms with van der Waals surface area (Å²) < 4.78 is 4.99. The van der Waals surface area contributed by atoms with Crippen LogP contribution in [0.1, 0.15) is 51.9 Å². The first kappa shape index (κ1) is 21.4. The number of nitrogens with one attached hydrogen (secondary N) is 1. The quantitative estimate of drug-likeness (QED) is 0.761. The predicted octanol–water partition coefficient (Wildman–Crippen LogP) is 2.76. The number of aromatic nitrogens is 2. The first-order valence-electron chi connectivity index (χ1n) is 10.1. The minimum atomic E-state index is -0.448. The second kappa shape index (κ2) is 9.47. The van der Waals surface area contributed by atoms with Crippen LogP contribution >= 0.6 is 0 Å². The predicted molar refractivity (Wildman–Crippen MR) is 111 cm³/mol. The number of likely N-dealkylation sites (tertiary alicyclic amines) is 1. The molecule has 158 valence electrons. The van der Waals surface area contributed by atoms with E-state index >= 15 is 0 Å². The number of rotatable bonds is 5. The third-order valence-electron chi connectivity index (χ3n) is 5.12. The highest BCUT2D eigenvalue weighted by Gasteiger charge is 2.29. The molecule has 0 atom stereocenters. The number of amides is 2. The number of hydrogen-bond donors (Lipinski definition) is 1. The summed E-state index contributed by atoms with van der Waals surface area (Å²) >= 11 is 0. The van der Waals surface area contributed by atoms with E-state index < -0.39 is 5.97 Å². The lowest BCUT2D eigenvalue weighted by Crippen LogP contribution is -2.41. The molecule has 30 heavy (non-hydrogen) atoms. The number of anilines is 1. The molecule has 2 aromatic rings. The lowest BCUT2D eigenvalue weighted by atomic mass is 9.95. The number of carbonyl (C=O) groups is 3. The van der Waals surface area contributed by atoms with Crippen molar-refractivity contribution < 1.29 is 19.1 Å². The van der Waals surface area contributed by atoms with Crippen LogP contribution in [0.2, 0.25) is 0 Å². The first-order chi connectivity index (χ1) is 14.4. The zero-order valence-electron chi connectivity index (χ0n) is 17.5. The van der Waals surface area contributed by atoms with Gasteiger partial charge in [0.25, 0.3) is 5.91 Å². The molecule has 2 amide bonds. The van der Waals surface area contributed by atoms with Crippen LogP contribution in [0.15, 0.2) is 30.5 Å². The number of carbonyl (C=O) groups excluding carboxylic acids is 3. The molecular formula is C22H26N4O4. The van der Waals surface area contributed by atoms with Gasteiger partial charge in [0.1, 0.15) is 11.5 Å². The van der Waals surface area contributed by atoms with Gasteiger partial charge < -0.3 is 15.0 Å². The van der Waals surface area contributed by atoms with E-state index in [0.29, 0.717) is 43.0 Å². The fourth-order valence-electron chi connectivity index (χ4n) is 3.44. The summed E-state index contributed by atoms with van der Waals surface area (Å²) in [5.74, 6) is -0.353. The average Bonchev–Trinajstić information content (AvgIpc) is 2.73. The summed E-state index contributed by atoms with van der Waals surface area (Å²) in [5.41, 5.74) is 2.12. The molecule has 8 heteroatoms. The number of ether oxygens (including phenoxy) is 1. The van der Waals surface area contributed by atoms with E-state index in [4.69, 9.17) is 4.74 Å². The Labute approximate surface area is 175 Å². The molecule has 0 radical (unpaired) electrons. The lowest BCUT2D eigenvalue weighted by Gasteiger charge is -2.31. The van der Waals surface area contributed by atoms with Gasteiger partial charge in [-0.2, -0.15) is 0 Å². The molecule has 1 aliphatic heterocycles. The highest BCUT2D eigenvalue weighted by Crippen LogP contribution is 2.21. The summed E-state index contributed by atoms with van der Waals surface area (Å²) in [7, 11) is 0. The van der Waals surface area contributed by atoms with Gasteiger partial charge in [0.15, 0.2) is 0 Å². The SMILES string of the molecule is CCOC(=O)c1ccc(C(=O)N2CCC(C(=O)Nc3cc(C)ccn3)CC2)nc1C. The summed E-state index contributed by atoms with van der Waals surface area (Å²) in [5, 5.41) is 2.85. The molecule has 1 aliphatic rings. The van der Waals surface area contributed by atoms with Gasteiger partial charge in [-0.3, -0.25) is 9.59 Å². The number of aryl methyl sites for hydroxylation is 2. The molecule has 0 saturated carbocycles. The van der Waals surface area contributed by atoms with E-state index in [-0.39, 0.29) is 30.0 Å². The van der Waals surface area contributed by atoms with Crippen LogP contribution in [0.5, 0.6) is 0 Å². The van der Waals surface area contributed by atoms with Crippen molar-refractivity contribution in [1.29, 1.82) is 0 Å². The normalized spacial score (nSPS) is 14.3. The zero-order chi connectivity index (χ0) is 21.7. The Morgan fingerprint density at radius 2 is 1.90 bits per heavy atom. The van der Waals surface area contributed by atoms with Crippen LogP contribution in [0.4, 0.5) is 5.82 Å². The number of esters is 1. The fraction of sp³-hybridized carbons (Fsp3) is 0.409. The maximum Gasteiger partial charge on any atom is 0.339 e. The molecule has 1 N–H and O–H groups in total. The van der Waals surface area contributed by atoms with Crippen molar-refractivity contribution in [3.63, 3.8) is 0 Å². The Balaban J connectivity index is 1.58. The number of pyridine rings is 2. The second-order valence-corrected chi connectivity index (χ2v) is 7.32. The second-order valence-electron chi connectivity index (χ2n) is 7.32. The third kappa shape index (κ3) is 5.00. The zero-order valence-corrected chi connectivity index (χ0v) is 17.5. The number of nitrogens with zero attached hydrogens (tertiary/aromatic N) is 3. The minimum Gasteiger partial charge on any atom is -0.462 e. The van der Waals surface area contributed by atoms with E-state index in [1.165, 1.54) is 0 Å². The van der Waals surface area contributed by atoms with Gasteiger partial charge in [-0.1, -0.05) is 0 Å². The van der Waals surface area contributed by atoms with Crippen molar-refractivity contribution in [1.82, 2.24) is 14.9 Å².